The van der Waals surface area contributed by atoms with Crippen molar-refractivity contribution in [1.82, 2.24) is 9.55 Å². The van der Waals surface area contributed by atoms with Gasteiger partial charge in [0.2, 0.25) is 0 Å². The summed E-state index contributed by atoms with van der Waals surface area (Å²) >= 11 is 0. The Kier molecular flexibility index (Phi) is 14.5. The number of imidazole rings is 1. The zero-order chi connectivity index (χ0) is 20.6. The topological polar surface area (TPSA) is 17.8 Å². The van der Waals surface area contributed by atoms with E-state index in [0.717, 1.165) is 5.69 Å². The quantitative estimate of drug-likeness (QED) is 0.228. The molecule has 0 aliphatic heterocycles. The average molecular weight is 391 g/mol. The Labute approximate surface area is 176 Å². The second kappa shape index (κ2) is 16.1. The third-order valence-electron chi connectivity index (χ3n) is 6.12. The van der Waals surface area contributed by atoms with E-state index in [0.29, 0.717) is 12.0 Å². The lowest BCUT2D eigenvalue weighted by atomic mass is 10.00. The van der Waals surface area contributed by atoms with Gasteiger partial charge in [0.15, 0.2) is 0 Å². The maximum absolute atomic E-state index is 4.78. The molecule has 28 heavy (non-hydrogen) atoms. The van der Waals surface area contributed by atoms with Gasteiger partial charge in [0.05, 0.1) is 5.69 Å². The highest BCUT2D eigenvalue weighted by molar-refractivity contribution is 5.07. The van der Waals surface area contributed by atoms with E-state index < -0.39 is 0 Å². The number of nitrogens with zero attached hydrogens (tertiary/aromatic N) is 2. The largest absolute Gasteiger partial charge is 0.332 e. The van der Waals surface area contributed by atoms with Gasteiger partial charge in [0, 0.05) is 18.2 Å². The summed E-state index contributed by atoms with van der Waals surface area (Å²) < 4.78 is 2.37. The lowest BCUT2D eigenvalue weighted by molar-refractivity contribution is 0.494. The highest BCUT2D eigenvalue weighted by atomic mass is 15.1. The molecule has 0 aliphatic carbocycles. The predicted octanol–water partition coefficient (Wildman–Crippen LogP) is 9.14. The Morgan fingerprint density at radius 1 is 0.714 bits per heavy atom. The summed E-state index contributed by atoms with van der Waals surface area (Å²) in [7, 11) is 0. The molecular weight excluding hydrogens is 340 g/mol. The molecule has 0 N–H and O–H groups in total. The molecule has 0 saturated heterocycles. The highest BCUT2D eigenvalue weighted by Crippen LogP contribution is 2.24. The average Bonchev–Trinajstić information content (AvgIpc) is 3.07. The Morgan fingerprint density at radius 3 is 1.57 bits per heavy atom. The van der Waals surface area contributed by atoms with Gasteiger partial charge in [-0.05, 0) is 27.2 Å². The van der Waals surface area contributed by atoms with Crippen molar-refractivity contribution < 1.29 is 0 Å². The van der Waals surface area contributed by atoms with E-state index in [1.807, 2.05) is 0 Å². The van der Waals surface area contributed by atoms with Crippen LogP contribution in [0, 0.1) is 6.92 Å². The minimum absolute atomic E-state index is 0.514. The maximum Gasteiger partial charge on any atom is 0.112 e. The van der Waals surface area contributed by atoms with Gasteiger partial charge in [-0.25, -0.2) is 4.98 Å². The summed E-state index contributed by atoms with van der Waals surface area (Å²) in [6.45, 7) is 11.3. The summed E-state index contributed by atoms with van der Waals surface area (Å²) in [5.74, 6) is 1.87. The van der Waals surface area contributed by atoms with Gasteiger partial charge >= 0.3 is 0 Å². The van der Waals surface area contributed by atoms with Gasteiger partial charge in [-0.3, -0.25) is 0 Å². The van der Waals surface area contributed by atoms with E-state index in [-0.39, 0.29) is 0 Å². The van der Waals surface area contributed by atoms with Crippen LogP contribution in [0.1, 0.15) is 154 Å². The molecule has 0 aliphatic rings. The number of rotatable bonds is 18. The monoisotopic (exact) mass is 390 g/mol. The SMILES string of the molecule is CCCCCCCCCCCCCCCCCC(C)c1nc(C)cn1C(C)C. The third-order valence-corrected chi connectivity index (χ3v) is 6.12. The second-order valence-electron chi connectivity index (χ2n) is 9.38. The molecule has 0 bridgehead atoms. The van der Waals surface area contributed by atoms with Crippen LogP contribution in [-0.4, -0.2) is 9.55 Å². The van der Waals surface area contributed by atoms with E-state index in [1.165, 1.54) is 109 Å². The molecule has 1 aromatic heterocycles. The van der Waals surface area contributed by atoms with Gasteiger partial charge in [0.1, 0.15) is 5.82 Å². The van der Waals surface area contributed by atoms with Crippen molar-refractivity contribution in [1.29, 1.82) is 0 Å². The van der Waals surface area contributed by atoms with Crippen molar-refractivity contribution >= 4 is 0 Å². The third kappa shape index (κ3) is 11.3. The lowest BCUT2D eigenvalue weighted by Gasteiger charge is -2.16. The van der Waals surface area contributed by atoms with Crippen LogP contribution in [0.3, 0.4) is 0 Å². The van der Waals surface area contributed by atoms with Crippen LogP contribution in [0.2, 0.25) is 0 Å². The van der Waals surface area contributed by atoms with Crippen molar-refractivity contribution in [3.8, 4) is 0 Å². The standard InChI is InChI=1S/C26H50N2/c1-6-7-8-9-10-11-12-13-14-15-16-17-18-19-20-21-24(4)26-27-25(5)22-28(26)23(2)3/h22-24H,6-21H2,1-5H3. The Morgan fingerprint density at radius 2 is 1.14 bits per heavy atom. The van der Waals surface area contributed by atoms with Gasteiger partial charge in [-0.2, -0.15) is 0 Å². The van der Waals surface area contributed by atoms with Gasteiger partial charge in [0.25, 0.3) is 0 Å². The fourth-order valence-corrected chi connectivity index (χ4v) is 4.26. The molecule has 1 aromatic rings. The first-order valence-electron chi connectivity index (χ1n) is 12.6. The Bertz CT molecular complexity index is 475. The van der Waals surface area contributed by atoms with Gasteiger partial charge in [-0.1, -0.05) is 110 Å². The molecule has 164 valence electrons. The fourth-order valence-electron chi connectivity index (χ4n) is 4.26. The van der Waals surface area contributed by atoms with E-state index in [2.05, 4.69) is 45.4 Å². The van der Waals surface area contributed by atoms with E-state index in [1.54, 1.807) is 0 Å². The first-order valence-corrected chi connectivity index (χ1v) is 12.6. The lowest BCUT2D eigenvalue weighted by Crippen LogP contribution is -2.08. The number of hydrogen-bond donors (Lipinski definition) is 0. The first-order chi connectivity index (χ1) is 13.6. The first kappa shape index (κ1) is 25.2. The van der Waals surface area contributed by atoms with Crippen molar-refractivity contribution in [3.63, 3.8) is 0 Å². The smallest absolute Gasteiger partial charge is 0.112 e. The van der Waals surface area contributed by atoms with Gasteiger partial charge in [-0.15, -0.1) is 0 Å². The maximum atomic E-state index is 4.78. The molecule has 1 unspecified atom stereocenters. The predicted molar refractivity (Wildman–Crippen MR) is 125 cm³/mol. The van der Waals surface area contributed by atoms with Gasteiger partial charge < -0.3 is 4.57 Å². The molecule has 2 heteroatoms. The van der Waals surface area contributed by atoms with Crippen LogP contribution in [0.15, 0.2) is 6.20 Å². The Balaban J connectivity index is 1.93. The van der Waals surface area contributed by atoms with Crippen LogP contribution >= 0.6 is 0 Å². The molecule has 0 radical (unpaired) electrons. The molecular formula is C26H50N2. The summed E-state index contributed by atoms with van der Waals surface area (Å²) in [6.07, 6.45) is 25.0. The van der Waals surface area contributed by atoms with Crippen molar-refractivity contribution in [3.05, 3.63) is 17.7 Å². The number of aryl methyl sites for hydroxylation is 1. The fraction of sp³-hybridized carbons (Fsp3) is 0.885. The molecule has 0 spiro atoms. The molecule has 1 heterocycles. The van der Waals surface area contributed by atoms with Crippen LogP contribution in [0.5, 0.6) is 0 Å². The van der Waals surface area contributed by atoms with E-state index in [4.69, 9.17) is 4.98 Å². The van der Waals surface area contributed by atoms with Crippen molar-refractivity contribution in [2.24, 2.45) is 0 Å². The summed E-state index contributed by atoms with van der Waals surface area (Å²) in [5.41, 5.74) is 1.16. The minimum Gasteiger partial charge on any atom is -0.332 e. The molecule has 1 rings (SSSR count). The Hall–Kier alpha value is -0.790. The van der Waals surface area contributed by atoms with Crippen LogP contribution in [0.4, 0.5) is 0 Å². The normalized spacial score (nSPS) is 12.8. The molecule has 0 fully saturated rings. The molecule has 0 aromatic carbocycles. The molecule has 0 saturated carbocycles. The highest BCUT2D eigenvalue weighted by Gasteiger charge is 2.15. The van der Waals surface area contributed by atoms with Crippen molar-refractivity contribution in [2.45, 2.75) is 149 Å². The minimum atomic E-state index is 0.514. The van der Waals surface area contributed by atoms with Crippen LogP contribution in [-0.2, 0) is 0 Å². The number of unbranched alkanes of at least 4 members (excludes halogenated alkanes) is 14. The van der Waals surface area contributed by atoms with Crippen LogP contribution in [0.25, 0.3) is 0 Å². The summed E-state index contributed by atoms with van der Waals surface area (Å²) in [5, 5.41) is 0. The second-order valence-corrected chi connectivity index (χ2v) is 9.38. The number of aromatic nitrogens is 2. The summed E-state index contributed by atoms with van der Waals surface area (Å²) in [4.78, 5) is 4.78. The zero-order valence-corrected chi connectivity index (χ0v) is 19.9. The van der Waals surface area contributed by atoms with Crippen LogP contribution < -0.4 is 0 Å². The molecule has 1 atom stereocenters. The molecule has 2 nitrogen and oxygen atoms in total. The van der Waals surface area contributed by atoms with Crippen molar-refractivity contribution in [2.75, 3.05) is 0 Å². The summed E-state index contributed by atoms with van der Waals surface area (Å²) in [6, 6.07) is 0.514. The van der Waals surface area contributed by atoms with E-state index in [9.17, 15) is 0 Å². The van der Waals surface area contributed by atoms with E-state index >= 15 is 0 Å². The molecule has 0 amide bonds. The zero-order valence-electron chi connectivity index (χ0n) is 19.9. The number of hydrogen-bond acceptors (Lipinski definition) is 1.